The van der Waals surface area contributed by atoms with Gasteiger partial charge in [-0.3, -0.25) is 14.6 Å². The summed E-state index contributed by atoms with van der Waals surface area (Å²) < 4.78 is 0. The molecule has 0 aliphatic heterocycles. The van der Waals surface area contributed by atoms with Gasteiger partial charge in [0.15, 0.2) is 5.60 Å². The molecule has 0 spiro atoms. The second kappa shape index (κ2) is 5.66. The molecule has 0 saturated heterocycles. The fourth-order valence-electron chi connectivity index (χ4n) is 2.49. The van der Waals surface area contributed by atoms with Crippen molar-refractivity contribution in [3.05, 3.63) is 60.3 Å². The number of hydrogen-bond acceptors (Lipinski definition) is 4. The molecule has 1 aromatic carbocycles. The van der Waals surface area contributed by atoms with Crippen LogP contribution >= 0.6 is 0 Å². The van der Waals surface area contributed by atoms with Crippen molar-refractivity contribution in [1.82, 2.24) is 4.98 Å². The number of allylic oxidation sites excluding steroid dienone is 2. The van der Waals surface area contributed by atoms with E-state index in [9.17, 15) is 14.7 Å². The molecule has 1 aromatic heterocycles. The number of benzene rings is 1. The lowest BCUT2D eigenvalue weighted by Crippen LogP contribution is -2.43. The number of anilines is 1. The number of amides is 2. The molecule has 1 unspecified atom stereocenters. The molecule has 1 atom stereocenters. The molecule has 2 amide bonds. The van der Waals surface area contributed by atoms with E-state index in [1.807, 2.05) is 12.1 Å². The summed E-state index contributed by atoms with van der Waals surface area (Å²) in [5.74, 6) is -1.30. The first-order valence-corrected chi connectivity index (χ1v) is 7.05. The highest BCUT2D eigenvalue weighted by Gasteiger charge is 2.37. The third kappa shape index (κ3) is 2.84. The van der Waals surface area contributed by atoms with Crippen LogP contribution in [0.5, 0.6) is 0 Å². The van der Waals surface area contributed by atoms with E-state index < -0.39 is 17.4 Å². The van der Waals surface area contributed by atoms with Crippen molar-refractivity contribution in [3.8, 4) is 0 Å². The summed E-state index contributed by atoms with van der Waals surface area (Å²) in [6, 6.07) is 9.04. The van der Waals surface area contributed by atoms with Crippen molar-refractivity contribution in [2.75, 3.05) is 5.32 Å². The van der Waals surface area contributed by atoms with Gasteiger partial charge in [-0.15, -0.1) is 0 Å². The number of pyridine rings is 1. The number of nitrogens with two attached hydrogens (primary N) is 1. The molecule has 4 N–H and O–H groups in total. The van der Waals surface area contributed by atoms with Gasteiger partial charge in [0, 0.05) is 23.6 Å². The van der Waals surface area contributed by atoms with Crippen molar-refractivity contribution < 1.29 is 14.7 Å². The zero-order valence-electron chi connectivity index (χ0n) is 12.2. The predicted octanol–water partition coefficient (Wildman–Crippen LogP) is 1.28. The summed E-state index contributed by atoms with van der Waals surface area (Å²) in [4.78, 5) is 28.0. The Bertz CT molecular complexity index is 852. The van der Waals surface area contributed by atoms with Gasteiger partial charge in [0.05, 0.1) is 11.2 Å². The highest BCUT2D eigenvalue weighted by Crippen LogP contribution is 2.27. The Hall–Kier alpha value is -2.99. The number of nitrogens with zero attached hydrogens (tertiary/aromatic N) is 1. The first-order valence-electron chi connectivity index (χ1n) is 7.05. The minimum atomic E-state index is -1.82. The molecule has 1 aliphatic rings. The summed E-state index contributed by atoms with van der Waals surface area (Å²) in [6.07, 6.45) is 5.74. The largest absolute Gasteiger partial charge is 0.375 e. The van der Waals surface area contributed by atoms with Crippen LogP contribution in [-0.4, -0.2) is 27.5 Å². The lowest BCUT2D eigenvalue weighted by atomic mass is 9.88. The molecule has 0 bridgehead atoms. The topological polar surface area (TPSA) is 105 Å². The van der Waals surface area contributed by atoms with E-state index >= 15 is 0 Å². The number of fused-ring (bicyclic) bond motifs is 1. The molecule has 6 nitrogen and oxygen atoms in total. The third-order valence-electron chi connectivity index (χ3n) is 3.72. The van der Waals surface area contributed by atoms with Crippen LogP contribution in [0.2, 0.25) is 0 Å². The molecule has 116 valence electrons. The summed E-state index contributed by atoms with van der Waals surface area (Å²) in [5.41, 5.74) is 4.71. The number of aromatic nitrogens is 1. The number of nitrogens with one attached hydrogen (secondary N) is 1. The van der Waals surface area contributed by atoms with E-state index in [1.165, 1.54) is 18.2 Å². The molecular weight excluding hydrogens is 294 g/mol. The van der Waals surface area contributed by atoms with Gasteiger partial charge in [-0.25, -0.2) is 0 Å². The van der Waals surface area contributed by atoms with Crippen LogP contribution in [0.4, 0.5) is 5.69 Å². The Morgan fingerprint density at radius 1 is 1.26 bits per heavy atom. The second-order valence-corrected chi connectivity index (χ2v) is 5.35. The standard InChI is InChI=1S/C17H15N3O3/c18-15(21)12-5-2-8-17(23,10-12)16(22)20-13-7-1-4-11-6-3-9-19-14(11)13/h1-9,23H,10H2,(H2,18,21)(H,20,22). The number of primary amides is 1. The normalized spacial score (nSPS) is 20.1. The molecule has 1 heterocycles. The van der Waals surface area contributed by atoms with E-state index in [0.29, 0.717) is 11.2 Å². The minimum Gasteiger partial charge on any atom is -0.375 e. The van der Waals surface area contributed by atoms with Crippen LogP contribution in [0, 0.1) is 0 Å². The van der Waals surface area contributed by atoms with Gasteiger partial charge in [-0.1, -0.05) is 30.4 Å². The average molecular weight is 309 g/mol. The number of carbonyl (C=O) groups excluding carboxylic acids is 2. The van der Waals surface area contributed by atoms with Crippen LogP contribution < -0.4 is 11.1 Å². The fourth-order valence-corrected chi connectivity index (χ4v) is 2.49. The quantitative estimate of drug-likeness (QED) is 0.794. The number of hydrogen-bond donors (Lipinski definition) is 3. The van der Waals surface area contributed by atoms with Crippen molar-refractivity contribution in [2.24, 2.45) is 5.73 Å². The minimum absolute atomic E-state index is 0.164. The van der Waals surface area contributed by atoms with Crippen LogP contribution in [0.3, 0.4) is 0 Å². The SMILES string of the molecule is NC(=O)C1=CC=CC(O)(C(=O)Nc2cccc3cccnc23)C1. The Labute approximate surface area is 132 Å². The van der Waals surface area contributed by atoms with Crippen molar-refractivity contribution in [3.63, 3.8) is 0 Å². The molecule has 0 radical (unpaired) electrons. The lowest BCUT2D eigenvalue weighted by Gasteiger charge is -2.26. The molecule has 23 heavy (non-hydrogen) atoms. The fraction of sp³-hybridized carbons (Fsp3) is 0.118. The van der Waals surface area contributed by atoms with E-state index in [2.05, 4.69) is 10.3 Å². The Kier molecular flexibility index (Phi) is 3.67. The average Bonchev–Trinajstić information content (AvgIpc) is 2.55. The maximum Gasteiger partial charge on any atom is 0.260 e. The molecule has 0 saturated carbocycles. The summed E-state index contributed by atoms with van der Waals surface area (Å²) in [6.45, 7) is 0. The number of carbonyl (C=O) groups is 2. The highest BCUT2D eigenvalue weighted by atomic mass is 16.3. The van der Waals surface area contributed by atoms with E-state index in [1.54, 1.807) is 24.4 Å². The number of rotatable bonds is 3. The van der Waals surface area contributed by atoms with Crippen molar-refractivity contribution in [1.29, 1.82) is 0 Å². The molecular formula is C17H15N3O3. The maximum atomic E-state index is 12.5. The molecule has 1 aliphatic carbocycles. The van der Waals surface area contributed by atoms with Crippen LogP contribution in [0.1, 0.15) is 6.42 Å². The van der Waals surface area contributed by atoms with Crippen LogP contribution in [0.25, 0.3) is 10.9 Å². The predicted molar refractivity (Wildman–Crippen MR) is 86.4 cm³/mol. The molecule has 3 rings (SSSR count). The first-order chi connectivity index (χ1) is 11.0. The zero-order valence-corrected chi connectivity index (χ0v) is 12.2. The summed E-state index contributed by atoms with van der Waals surface area (Å²) in [7, 11) is 0. The van der Waals surface area contributed by atoms with Crippen molar-refractivity contribution >= 4 is 28.4 Å². The Morgan fingerprint density at radius 3 is 2.83 bits per heavy atom. The van der Waals surface area contributed by atoms with E-state index in [4.69, 9.17) is 5.73 Å². The van der Waals surface area contributed by atoms with E-state index in [-0.39, 0.29) is 12.0 Å². The van der Waals surface area contributed by atoms with Gasteiger partial charge < -0.3 is 16.2 Å². The van der Waals surface area contributed by atoms with Gasteiger partial charge in [0.2, 0.25) is 5.91 Å². The monoisotopic (exact) mass is 309 g/mol. The number of aliphatic hydroxyl groups is 1. The summed E-state index contributed by atoms with van der Waals surface area (Å²) in [5, 5.41) is 14.1. The third-order valence-corrected chi connectivity index (χ3v) is 3.72. The second-order valence-electron chi connectivity index (χ2n) is 5.35. The van der Waals surface area contributed by atoms with Crippen LogP contribution in [0.15, 0.2) is 60.3 Å². The first kappa shape index (κ1) is 14.9. The maximum absolute atomic E-state index is 12.5. The molecule has 0 fully saturated rings. The van der Waals surface area contributed by atoms with E-state index in [0.717, 1.165) is 5.39 Å². The number of para-hydroxylation sites is 1. The van der Waals surface area contributed by atoms with Gasteiger partial charge in [0.25, 0.3) is 5.91 Å². The van der Waals surface area contributed by atoms with Gasteiger partial charge >= 0.3 is 0 Å². The Morgan fingerprint density at radius 2 is 2.04 bits per heavy atom. The van der Waals surface area contributed by atoms with Crippen LogP contribution in [-0.2, 0) is 9.59 Å². The molecule has 6 heteroatoms. The zero-order chi connectivity index (χ0) is 16.4. The van der Waals surface area contributed by atoms with Gasteiger partial charge in [-0.05, 0) is 18.2 Å². The lowest BCUT2D eigenvalue weighted by molar-refractivity contribution is -0.130. The smallest absolute Gasteiger partial charge is 0.260 e. The Balaban J connectivity index is 1.88. The van der Waals surface area contributed by atoms with Gasteiger partial charge in [0.1, 0.15) is 0 Å². The summed E-state index contributed by atoms with van der Waals surface area (Å²) >= 11 is 0. The molecule has 2 aromatic rings. The highest BCUT2D eigenvalue weighted by molar-refractivity contribution is 6.05. The van der Waals surface area contributed by atoms with Gasteiger partial charge in [-0.2, -0.15) is 0 Å². The van der Waals surface area contributed by atoms with Crippen molar-refractivity contribution in [2.45, 2.75) is 12.0 Å².